The molecular formula is C42H54O24. The van der Waals surface area contributed by atoms with Gasteiger partial charge in [0.25, 0.3) is 0 Å². The number of carbonyl (C=O) groups is 4. The van der Waals surface area contributed by atoms with Gasteiger partial charge in [-0.2, -0.15) is 0 Å². The molecular weight excluding hydrogens is 888 g/mol. The lowest BCUT2D eigenvalue weighted by atomic mass is 9.86. The predicted molar refractivity (Wildman–Crippen MR) is 213 cm³/mol. The minimum absolute atomic E-state index is 0.0332. The number of aromatic hydroxyl groups is 1. The molecule has 14 atom stereocenters. The van der Waals surface area contributed by atoms with E-state index in [1.54, 1.807) is 12.1 Å². The van der Waals surface area contributed by atoms with Gasteiger partial charge in [-0.1, -0.05) is 18.2 Å². The van der Waals surface area contributed by atoms with Gasteiger partial charge in [0.1, 0.15) is 61.2 Å². The molecule has 10 N–H and O–H groups in total. The molecule has 2 saturated heterocycles. The molecule has 366 valence electrons. The van der Waals surface area contributed by atoms with E-state index in [9.17, 15) is 70.2 Å². The number of methoxy groups -OCH3 is 2. The fraction of sp³-hybridized carbons (Fsp3) is 0.571. The van der Waals surface area contributed by atoms with Crippen molar-refractivity contribution in [3.05, 3.63) is 76.8 Å². The Hall–Kier alpha value is -5.06. The van der Waals surface area contributed by atoms with E-state index in [2.05, 4.69) is 0 Å². The Morgan fingerprint density at radius 1 is 0.621 bits per heavy atom. The molecule has 0 radical (unpaired) electrons. The van der Waals surface area contributed by atoms with Gasteiger partial charge in [-0.15, -0.1) is 0 Å². The first-order chi connectivity index (χ1) is 31.6. The third-order valence-electron chi connectivity index (χ3n) is 11.0. The number of ether oxygens (including phenoxy) is 10. The van der Waals surface area contributed by atoms with Crippen LogP contribution in [0.15, 0.2) is 71.2 Å². The number of rotatable bonds is 18. The molecule has 0 bridgehead atoms. The lowest BCUT2D eigenvalue weighted by Gasteiger charge is -2.42. The van der Waals surface area contributed by atoms with E-state index < -0.39 is 149 Å². The van der Waals surface area contributed by atoms with Gasteiger partial charge in [0.2, 0.25) is 12.6 Å². The standard InChI is InChI=1S/C42H54O24/c1-57-37(55)25-17-61-39(65-41-35(53)33(51)31(49)27(15-44)63-41)21(7-10-43)23(25)13-30(48)60-12-9-22-24(14-29(47)59-11-8-19-3-5-20(46)6-4-19)26(38(56)58-2)18-62-40(22)66-42-36(54)34(52)32(50)28(16-45)64-42/h3-7,9,17-18,23-24,27-28,31-36,39-46,49-54H,8,10-16H2,1-2H3/t23-,24-,27+,28+,31+,32+,33-,34-,35+,36+,39-,40-,41-,42-/m0/s1. The minimum atomic E-state index is -1.93. The van der Waals surface area contributed by atoms with Crippen molar-refractivity contribution in [3.8, 4) is 5.75 Å². The van der Waals surface area contributed by atoms with E-state index in [-0.39, 0.29) is 41.1 Å². The molecule has 4 heterocycles. The van der Waals surface area contributed by atoms with E-state index in [0.29, 0.717) is 0 Å². The first-order valence-corrected chi connectivity index (χ1v) is 20.5. The minimum Gasteiger partial charge on any atom is -0.508 e. The van der Waals surface area contributed by atoms with Crippen LogP contribution in [0, 0.1) is 11.8 Å². The zero-order valence-electron chi connectivity index (χ0n) is 35.5. The lowest BCUT2D eigenvalue weighted by Crippen LogP contribution is -2.60. The molecule has 24 heteroatoms. The number of phenols is 1. The van der Waals surface area contributed by atoms with Crippen molar-refractivity contribution in [1.29, 1.82) is 0 Å². The van der Waals surface area contributed by atoms with Gasteiger partial charge >= 0.3 is 23.9 Å². The summed E-state index contributed by atoms with van der Waals surface area (Å²) in [5, 5.41) is 101. The molecule has 2 fully saturated rings. The van der Waals surface area contributed by atoms with Crippen LogP contribution in [0.2, 0.25) is 0 Å². The highest BCUT2D eigenvalue weighted by Gasteiger charge is 2.49. The number of phenolic OH excluding ortho intramolecular Hbond substituents is 1. The number of aliphatic hydroxyl groups is 9. The highest BCUT2D eigenvalue weighted by atomic mass is 16.8. The average molecular weight is 943 g/mol. The fourth-order valence-electron chi connectivity index (χ4n) is 7.39. The smallest absolute Gasteiger partial charge is 0.337 e. The van der Waals surface area contributed by atoms with Crippen LogP contribution in [0.1, 0.15) is 18.4 Å². The number of hydrogen-bond donors (Lipinski definition) is 10. The largest absolute Gasteiger partial charge is 0.508 e. The Balaban J connectivity index is 1.40. The maximum absolute atomic E-state index is 13.7. The van der Waals surface area contributed by atoms with Gasteiger partial charge in [0.05, 0.1) is 77.2 Å². The molecule has 1 aromatic rings. The van der Waals surface area contributed by atoms with Crippen LogP contribution in [-0.4, -0.2) is 196 Å². The summed E-state index contributed by atoms with van der Waals surface area (Å²) in [6.45, 7) is -3.09. The SMILES string of the molecule is COC(=O)C1=CO[C@@H](O[C@@H]2O[C@H](CO)[C@@H](O)[C@H](O)[C@H]2O)C(=CCO)[C@@H]1CC(=O)OCC=C1[C@H](O[C@@H]2O[C@H](CO)[C@@H](O)[C@H](O)[C@H]2O)OC=C(C(=O)OC)[C@H]1CC(=O)OCCc1ccc(O)cc1. The van der Waals surface area contributed by atoms with Crippen LogP contribution in [-0.2, 0) is 73.0 Å². The molecule has 0 aromatic heterocycles. The monoisotopic (exact) mass is 942 g/mol. The van der Waals surface area contributed by atoms with Crippen molar-refractivity contribution in [1.82, 2.24) is 0 Å². The summed E-state index contributed by atoms with van der Waals surface area (Å²) < 4.78 is 54.5. The van der Waals surface area contributed by atoms with Gasteiger partial charge in [-0.25, -0.2) is 9.59 Å². The fourth-order valence-corrected chi connectivity index (χ4v) is 7.39. The molecule has 4 aliphatic heterocycles. The summed E-state index contributed by atoms with van der Waals surface area (Å²) in [6, 6.07) is 6.15. The molecule has 0 amide bonds. The summed E-state index contributed by atoms with van der Waals surface area (Å²) >= 11 is 0. The third kappa shape index (κ3) is 12.5. The second-order valence-corrected chi connectivity index (χ2v) is 15.2. The molecule has 66 heavy (non-hydrogen) atoms. The molecule has 24 nitrogen and oxygen atoms in total. The molecule has 1 aromatic carbocycles. The predicted octanol–water partition coefficient (Wildman–Crippen LogP) is -3.66. The zero-order chi connectivity index (χ0) is 48.2. The Kier molecular flexibility index (Phi) is 19.0. The first kappa shape index (κ1) is 51.9. The maximum atomic E-state index is 13.7. The van der Waals surface area contributed by atoms with E-state index in [1.807, 2.05) is 0 Å². The average Bonchev–Trinajstić information content (AvgIpc) is 3.31. The van der Waals surface area contributed by atoms with Crippen LogP contribution >= 0.6 is 0 Å². The molecule has 5 rings (SSSR count). The Morgan fingerprint density at radius 3 is 1.52 bits per heavy atom. The van der Waals surface area contributed by atoms with Crippen molar-refractivity contribution in [2.75, 3.05) is 47.3 Å². The summed E-state index contributed by atoms with van der Waals surface area (Å²) in [5.41, 5.74) is 0.0413. The van der Waals surface area contributed by atoms with Crippen molar-refractivity contribution in [2.45, 2.75) is 93.3 Å². The highest BCUT2D eigenvalue weighted by molar-refractivity contribution is 5.91. The molecule has 0 spiro atoms. The molecule has 0 unspecified atom stereocenters. The topological polar surface area (TPSA) is 363 Å². The van der Waals surface area contributed by atoms with E-state index in [4.69, 9.17) is 47.4 Å². The Labute approximate surface area is 376 Å². The van der Waals surface area contributed by atoms with Gasteiger partial charge in [-0.05, 0) is 23.8 Å². The summed E-state index contributed by atoms with van der Waals surface area (Å²) in [7, 11) is 2.11. The van der Waals surface area contributed by atoms with E-state index >= 15 is 0 Å². The van der Waals surface area contributed by atoms with Gasteiger partial charge in [0.15, 0.2) is 12.6 Å². The van der Waals surface area contributed by atoms with E-state index in [0.717, 1.165) is 38.4 Å². The second-order valence-electron chi connectivity index (χ2n) is 15.2. The van der Waals surface area contributed by atoms with Crippen LogP contribution in [0.4, 0.5) is 0 Å². The number of carbonyl (C=O) groups excluding carboxylic acids is 4. The van der Waals surface area contributed by atoms with Crippen molar-refractivity contribution in [2.24, 2.45) is 11.8 Å². The van der Waals surface area contributed by atoms with Crippen molar-refractivity contribution < 1.29 is 118 Å². The van der Waals surface area contributed by atoms with Gasteiger partial charge in [-0.3, -0.25) is 9.59 Å². The summed E-state index contributed by atoms with van der Waals surface area (Å²) in [6.07, 6.45) is -17.5. The van der Waals surface area contributed by atoms with Crippen LogP contribution in [0.5, 0.6) is 5.75 Å². The normalized spacial score (nSPS) is 33.4. The molecule has 0 saturated carbocycles. The van der Waals surface area contributed by atoms with E-state index in [1.165, 1.54) is 18.2 Å². The first-order valence-electron chi connectivity index (χ1n) is 20.5. The quantitative estimate of drug-likeness (QED) is 0.0385. The third-order valence-corrected chi connectivity index (χ3v) is 11.0. The zero-order valence-corrected chi connectivity index (χ0v) is 35.5. The number of aliphatic hydroxyl groups excluding tert-OH is 9. The number of benzene rings is 1. The highest BCUT2D eigenvalue weighted by Crippen LogP contribution is 2.38. The molecule has 4 aliphatic rings. The Morgan fingerprint density at radius 2 is 1.08 bits per heavy atom. The van der Waals surface area contributed by atoms with Gasteiger partial charge in [0, 0.05) is 29.4 Å². The van der Waals surface area contributed by atoms with Crippen LogP contribution < -0.4 is 0 Å². The lowest BCUT2D eigenvalue weighted by molar-refractivity contribution is -0.328. The van der Waals surface area contributed by atoms with Crippen LogP contribution in [0.25, 0.3) is 0 Å². The summed E-state index contributed by atoms with van der Waals surface area (Å²) in [4.78, 5) is 53.0. The summed E-state index contributed by atoms with van der Waals surface area (Å²) in [5.74, 6) is -6.38. The van der Waals surface area contributed by atoms with Gasteiger partial charge < -0.3 is 98.4 Å². The second kappa shape index (κ2) is 24.1. The van der Waals surface area contributed by atoms with Crippen molar-refractivity contribution >= 4 is 23.9 Å². The maximum Gasteiger partial charge on any atom is 0.337 e. The Bertz CT molecular complexity index is 1940. The number of esters is 4. The van der Waals surface area contributed by atoms with Crippen molar-refractivity contribution in [3.63, 3.8) is 0 Å². The molecule has 0 aliphatic carbocycles. The van der Waals surface area contributed by atoms with Crippen LogP contribution in [0.3, 0.4) is 0 Å². The number of hydrogen-bond acceptors (Lipinski definition) is 24.